The molecule has 2 nitrogen and oxygen atoms in total. The van der Waals surface area contributed by atoms with Gasteiger partial charge in [-0.2, -0.15) is 0 Å². The summed E-state index contributed by atoms with van der Waals surface area (Å²) >= 11 is 0. The maximum Gasteiger partial charge on any atom is 0.0558 e. The van der Waals surface area contributed by atoms with Gasteiger partial charge in [0.05, 0.1) is 6.61 Å². The predicted molar refractivity (Wildman–Crippen MR) is 52.4 cm³/mol. The number of nitrogens with zero attached hydrogens (tertiary/aromatic N) is 1. The molecule has 0 fully saturated rings. The first-order chi connectivity index (χ1) is 6.29. The smallest absolute Gasteiger partial charge is 0.0558 e. The fourth-order valence-corrected chi connectivity index (χ4v) is 1.89. The first-order valence-corrected chi connectivity index (χ1v) is 4.71. The number of rotatable bonds is 2. The molecule has 0 amide bonds. The highest BCUT2D eigenvalue weighted by Gasteiger charge is 2.17. The van der Waals surface area contributed by atoms with E-state index in [0.717, 1.165) is 19.6 Å². The van der Waals surface area contributed by atoms with Crippen LogP contribution in [0.15, 0.2) is 18.2 Å². The van der Waals surface area contributed by atoms with E-state index < -0.39 is 0 Å². The lowest BCUT2D eigenvalue weighted by molar-refractivity contribution is 0.198. The molecule has 2 heteroatoms. The molecule has 1 aromatic rings. The zero-order valence-corrected chi connectivity index (χ0v) is 7.95. The molecule has 70 valence electrons. The van der Waals surface area contributed by atoms with Gasteiger partial charge >= 0.3 is 0 Å². The number of aliphatic hydroxyl groups excluding tert-OH is 1. The first-order valence-electron chi connectivity index (χ1n) is 4.71. The van der Waals surface area contributed by atoms with E-state index in [1.165, 1.54) is 16.7 Å². The third-order valence-electron chi connectivity index (χ3n) is 2.57. The maximum absolute atomic E-state index is 8.82. The third kappa shape index (κ3) is 1.74. The Balaban J connectivity index is 2.16. The topological polar surface area (TPSA) is 23.5 Å². The second-order valence-corrected chi connectivity index (χ2v) is 3.71. The van der Waals surface area contributed by atoms with Gasteiger partial charge in [0.15, 0.2) is 0 Å². The molecule has 1 aromatic carbocycles. The predicted octanol–water partition coefficient (Wildman–Crippen LogP) is 1.30. The summed E-state index contributed by atoms with van der Waals surface area (Å²) in [7, 11) is 0. The van der Waals surface area contributed by atoms with Crippen molar-refractivity contribution in [2.45, 2.75) is 20.0 Å². The molecule has 0 saturated heterocycles. The van der Waals surface area contributed by atoms with E-state index in [1.54, 1.807) is 0 Å². The van der Waals surface area contributed by atoms with Crippen LogP contribution >= 0.6 is 0 Å². The SMILES string of the molecule is Cc1ccc2c(c1)CN(CCO)C2. The summed E-state index contributed by atoms with van der Waals surface area (Å²) < 4.78 is 0. The Kier molecular flexibility index (Phi) is 2.34. The van der Waals surface area contributed by atoms with Crippen molar-refractivity contribution in [2.75, 3.05) is 13.2 Å². The molecule has 1 N–H and O–H groups in total. The molecule has 0 aromatic heterocycles. The molecule has 0 unspecified atom stereocenters. The molecule has 1 heterocycles. The first kappa shape index (κ1) is 8.73. The van der Waals surface area contributed by atoms with Crippen molar-refractivity contribution >= 4 is 0 Å². The van der Waals surface area contributed by atoms with E-state index in [1.807, 2.05) is 0 Å². The minimum absolute atomic E-state index is 0.257. The minimum Gasteiger partial charge on any atom is -0.395 e. The van der Waals surface area contributed by atoms with Crippen LogP contribution < -0.4 is 0 Å². The van der Waals surface area contributed by atoms with Gasteiger partial charge in [-0.3, -0.25) is 4.90 Å². The van der Waals surface area contributed by atoms with Gasteiger partial charge in [-0.15, -0.1) is 0 Å². The molecule has 1 aliphatic rings. The largest absolute Gasteiger partial charge is 0.395 e. The van der Waals surface area contributed by atoms with Crippen molar-refractivity contribution in [1.82, 2.24) is 4.90 Å². The van der Waals surface area contributed by atoms with Gasteiger partial charge in [-0.1, -0.05) is 23.8 Å². The van der Waals surface area contributed by atoms with Crippen LogP contribution in [0.2, 0.25) is 0 Å². The number of aryl methyl sites for hydroxylation is 1. The lowest BCUT2D eigenvalue weighted by Crippen LogP contribution is -2.20. The quantitative estimate of drug-likeness (QED) is 0.736. The van der Waals surface area contributed by atoms with Crippen LogP contribution in [0.5, 0.6) is 0 Å². The Morgan fingerprint density at radius 3 is 2.85 bits per heavy atom. The molecular weight excluding hydrogens is 162 g/mol. The van der Waals surface area contributed by atoms with Gasteiger partial charge in [-0.25, -0.2) is 0 Å². The number of hydrogen-bond acceptors (Lipinski definition) is 2. The lowest BCUT2D eigenvalue weighted by atomic mass is 10.1. The van der Waals surface area contributed by atoms with Gasteiger partial charge in [0.25, 0.3) is 0 Å². The van der Waals surface area contributed by atoms with E-state index in [9.17, 15) is 0 Å². The van der Waals surface area contributed by atoms with Crippen LogP contribution in [-0.4, -0.2) is 23.2 Å². The average Bonchev–Trinajstić information content (AvgIpc) is 2.46. The molecule has 13 heavy (non-hydrogen) atoms. The zero-order valence-electron chi connectivity index (χ0n) is 7.95. The fraction of sp³-hybridized carbons (Fsp3) is 0.455. The Hall–Kier alpha value is -0.860. The van der Waals surface area contributed by atoms with Gasteiger partial charge in [0.1, 0.15) is 0 Å². The minimum atomic E-state index is 0.257. The van der Waals surface area contributed by atoms with E-state index in [4.69, 9.17) is 5.11 Å². The second-order valence-electron chi connectivity index (χ2n) is 3.71. The molecule has 2 rings (SSSR count). The van der Waals surface area contributed by atoms with Crippen molar-refractivity contribution in [3.63, 3.8) is 0 Å². The van der Waals surface area contributed by atoms with Crippen molar-refractivity contribution in [3.05, 3.63) is 34.9 Å². The molecule has 0 radical (unpaired) electrons. The fourth-order valence-electron chi connectivity index (χ4n) is 1.89. The van der Waals surface area contributed by atoms with Crippen molar-refractivity contribution < 1.29 is 5.11 Å². The summed E-state index contributed by atoms with van der Waals surface area (Å²) in [5, 5.41) is 8.82. The normalized spacial score (nSPS) is 16.2. The molecule has 0 spiro atoms. The number of hydrogen-bond donors (Lipinski definition) is 1. The maximum atomic E-state index is 8.82. The summed E-state index contributed by atoms with van der Waals surface area (Å²) in [6.45, 7) is 5.16. The van der Waals surface area contributed by atoms with Crippen LogP contribution in [0.25, 0.3) is 0 Å². The molecule has 1 aliphatic heterocycles. The zero-order chi connectivity index (χ0) is 9.26. The molecule has 0 atom stereocenters. The van der Waals surface area contributed by atoms with Crippen molar-refractivity contribution in [1.29, 1.82) is 0 Å². The Labute approximate surface area is 78.8 Å². The number of aliphatic hydroxyl groups is 1. The second kappa shape index (κ2) is 3.48. The van der Waals surface area contributed by atoms with Gasteiger partial charge in [0.2, 0.25) is 0 Å². The molecular formula is C11H15NO. The highest BCUT2D eigenvalue weighted by atomic mass is 16.3. The average molecular weight is 177 g/mol. The highest BCUT2D eigenvalue weighted by Crippen LogP contribution is 2.22. The summed E-state index contributed by atoms with van der Waals surface area (Å²) in [5.74, 6) is 0. The highest BCUT2D eigenvalue weighted by molar-refractivity contribution is 5.34. The van der Waals surface area contributed by atoms with E-state index in [0.29, 0.717) is 0 Å². The summed E-state index contributed by atoms with van der Waals surface area (Å²) in [5.41, 5.74) is 4.16. The number of β-amino-alcohol motifs (C(OH)–C–C–N with tert-alkyl or cyclic N) is 1. The summed E-state index contributed by atoms with van der Waals surface area (Å²) in [4.78, 5) is 2.27. The molecule has 0 aliphatic carbocycles. The van der Waals surface area contributed by atoms with Crippen LogP contribution in [0.1, 0.15) is 16.7 Å². The monoisotopic (exact) mass is 177 g/mol. The van der Waals surface area contributed by atoms with Crippen LogP contribution in [0, 0.1) is 6.92 Å². The van der Waals surface area contributed by atoms with E-state index in [2.05, 4.69) is 30.0 Å². The third-order valence-corrected chi connectivity index (χ3v) is 2.57. The van der Waals surface area contributed by atoms with Gasteiger partial charge < -0.3 is 5.11 Å². The molecule has 0 bridgehead atoms. The van der Waals surface area contributed by atoms with Crippen molar-refractivity contribution in [2.24, 2.45) is 0 Å². The Morgan fingerprint density at radius 1 is 1.31 bits per heavy atom. The van der Waals surface area contributed by atoms with Crippen LogP contribution in [-0.2, 0) is 13.1 Å². The summed E-state index contributed by atoms with van der Waals surface area (Å²) in [6.07, 6.45) is 0. The van der Waals surface area contributed by atoms with E-state index >= 15 is 0 Å². The molecule has 0 saturated carbocycles. The van der Waals surface area contributed by atoms with Crippen LogP contribution in [0.4, 0.5) is 0 Å². The van der Waals surface area contributed by atoms with Gasteiger partial charge in [0, 0.05) is 19.6 Å². The van der Waals surface area contributed by atoms with Crippen molar-refractivity contribution in [3.8, 4) is 0 Å². The Morgan fingerprint density at radius 2 is 2.08 bits per heavy atom. The number of benzene rings is 1. The lowest BCUT2D eigenvalue weighted by Gasteiger charge is -2.11. The standard InChI is InChI=1S/C11H15NO/c1-9-2-3-10-7-12(4-5-13)8-11(10)6-9/h2-3,6,13H,4-5,7-8H2,1H3. The number of fused-ring (bicyclic) bond motifs is 1. The van der Waals surface area contributed by atoms with E-state index in [-0.39, 0.29) is 6.61 Å². The Bertz CT molecular complexity index is 309. The summed E-state index contributed by atoms with van der Waals surface area (Å²) in [6, 6.07) is 6.59. The van der Waals surface area contributed by atoms with Crippen LogP contribution in [0.3, 0.4) is 0 Å². The van der Waals surface area contributed by atoms with Gasteiger partial charge in [-0.05, 0) is 18.1 Å².